The molecule has 0 bridgehead atoms. The zero-order valence-corrected chi connectivity index (χ0v) is 20.1. The van der Waals surface area contributed by atoms with E-state index in [2.05, 4.69) is 16.8 Å². The van der Waals surface area contributed by atoms with Gasteiger partial charge in [0.15, 0.2) is 4.32 Å². The molecule has 0 aliphatic carbocycles. The highest BCUT2D eigenvalue weighted by molar-refractivity contribution is 8.27. The van der Waals surface area contributed by atoms with Crippen molar-refractivity contribution in [3.8, 4) is 5.75 Å². The second kappa shape index (κ2) is 8.90. The molecule has 170 valence electrons. The van der Waals surface area contributed by atoms with E-state index in [4.69, 9.17) is 17.0 Å². The quantitative estimate of drug-likeness (QED) is 0.493. The zero-order chi connectivity index (χ0) is 23.1. The summed E-state index contributed by atoms with van der Waals surface area (Å²) in [6.45, 7) is 4.24. The number of thioether (sulfide) groups is 1. The van der Waals surface area contributed by atoms with Crippen LogP contribution in [0.4, 0.5) is 11.4 Å². The van der Waals surface area contributed by atoms with Gasteiger partial charge in [0.25, 0.3) is 11.8 Å². The van der Waals surface area contributed by atoms with E-state index < -0.39 is 0 Å². The first kappa shape index (κ1) is 22.1. The van der Waals surface area contributed by atoms with Crippen molar-refractivity contribution in [2.24, 2.45) is 0 Å². The van der Waals surface area contributed by atoms with E-state index in [0.29, 0.717) is 32.9 Å². The fraction of sp³-hybridized carbons (Fsp3) is 0.292. The third-order valence-electron chi connectivity index (χ3n) is 6.19. The highest BCUT2D eigenvalue weighted by Crippen LogP contribution is 2.45. The van der Waals surface area contributed by atoms with Gasteiger partial charge in [-0.3, -0.25) is 24.3 Å². The highest BCUT2D eigenvalue weighted by Gasteiger charge is 2.42. The van der Waals surface area contributed by atoms with Crippen LogP contribution in [0.25, 0.3) is 5.57 Å². The van der Waals surface area contributed by atoms with Crippen molar-refractivity contribution in [3.63, 3.8) is 0 Å². The molecule has 0 atom stereocenters. The Morgan fingerprint density at radius 2 is 1.67 bits per heavy atom. The topological polar surface area (TPSA) is 56.3 Å². The number of hydrogen-bond donors (Lipinski definition) is 0. The van der Waals surface area contributed by atoms with Gasteiger partial charge in [0.05, 0.1) is 35.6 Å². The molecule has 3 heterocycles. The highest BCUT2D eigenvalue weighted by atomic mass is 32.2. The van der Waals surface area contributed by atoms with Crippen LogP contribution < -0.4 is 14.5 Å². The maximum Gasteiger partial charge on any atom is 0.271 e. The van der Waals surface area contributed by atoms with Gasteiger partial charge in [-0.05, 0) is 37.4 Å². The summed E-state index contributed by atoms with van der Waals surface area (Å²) in [5, 5.41) is 0. The lowest BCUT2D eigenvalue weighted by molar-refractivity contribution is -0.115. The summed E-state index contributed by atoms with van der Waals surface area (Å²) in [6.07, 6.45) is 0. The van der Waals surface area contributed by atoms with E-state index >= 15 is 0 Å². The van der Waals surface area contributed by atoms with Gasteiger partial charge < -0.3 is 9.64 Å². The first-order valence-electron chi connectivity index (χ1n) is 10.7. The largest absolute Gasteiger partial charge is 0.497 e. The van der Waals surface area contributed by atoms with Gasteiger partial charge in [-0.2, -0.15) is 0 Å². The Labute approximate surface area is 202 Å². The molecule has 0 saturated carbocycles. The van der Waals surface area contributed by atoms with Crippen molar-refractivity contribution >= 4 is 57.1 Å². The van der Waals surface area contributed by atoms with Crippen LogP contribution in [0.2, 0.25) is 0 Å². The molecule has 33 heavy (non-hydrogen) atoms. The molecule has 2 amide bonds. The molecule has 0 unspecified atom stereocenters. The van der Waals surface area contributed by atoms with Crippen molar-refractivity contribution in [2.75, 3.05) is 56.8 Å². The van der Waals surface area contributed by atoms with Crippen LogP contribution in [-0.2, 0) is 9.59 Å². The molecule has 0 spiro atoms. The number of methoxy groups -OCH3 is 1. The molecule has 2 saturated heterocycles. The number of likely N-dealkylation sites (N-methyl/N-ethyl adjacent to an activating group) is 1. The molecule has 0 radical (unpaired) electrons. The minimum atomic E-state index is -0.269. The van der Waals surface area contributed by atoms with Crippen LogP contribution in [0.3, 0.4) is 0 Å². The second-order valence-electron chi connectivity index (χ2n) is 8.22. The van der Waals surface area contributed by atoms with Gasteiger partial charge in [-0.25, -0.2) is 0 Å². The number of fused-ring (bicyclic) bond motifs is 1. The Hall–Kier alpha value is -2.72. The number of hydrogen-bond acceptors (Lipinski definition) is 7. The number of thiocarbonyl (C=S) groups is 1. The van der Waals surface area contributed by atoms with Gasteiger partial charge >= 0.3 is 0 Å². The van der Waals surface area contributed by atoms with Crippen molar-refractivity contribution in [1.29, 1.82) is 0 Å². The standard InChI is InChI=1S/C24H24N4O3S2/c1-25-11-13-26(14-12-25)15-27-19-6-4-3-5-18(19)20(22(27)29)21-23(30)28(24(32)33-21)16-7-9-17(31-2)10-8-16/h3-10H,11-15H2,1-2H3/b21-20-. The first-order chi connectivity index (χ1) is 16.0. The predicted octanol–water partition coefficient (Wildman–Crippen LogP) is 3.02. The number of carbonyl (C=O) groups is 2. The van der Waals surface area contributed by atoms with Crippen molar-refractivity contribution in [3.05, 3.63) is 59.0 Å². The van der Waals surface area contributed by atoms with Gasteiger partial charge in [0.1, 0.15) is 5.75 Å². The maximum absolute atomic E-state index is 13.7. The van der Waals surface area contributed by atoms with Crippen LogP contribution in [0, 0.1) is 0 Å². The van der Waals surface area contributed by atoms with E-state index in [-0.39, 0.29) is 11.8 Å². The SMILES string of the molecule is COc1ccc(N2C(=O)/C(=C3/C(=O)N(CN4CCN(C)CC4)c4ccccc43)SC2=S)cc1. The summed E-state index contributed by atoms with van der Waals surface area (Å²) in [6, 6.07) is 14.8. The number of piperazine rings is 1. The predicted molar refractivity (Wildman–Crippen MR) is 135 cm³/mol. The van der Waals surface area contributed by atoms with E-state index in [1.165, 1.54) is 16.7 Å². The van der Waals surface area contributed by atoms with E-state index in [1.54, 1.807) is 36.3 Å². The Kier molecular flexibility index (Phi) is 5.96. The molecular weight excluding hydrogens is 456 g/mol. The second-order valence-corrected chi connectivity index (χ2v) is 9.87. The minimum Gasteiger partial charge on any atom is -0.497 e. The molecule has 3 aliphatic rings. The summed E-state index contributed by atoms with van der Waals surface area (Å²) in [4.78, 5) is 35.4. The fourth-order valence-corrected chi connectivity index (χ4v) is 5.67. The van der Waals surface area contributed by atoms with Crippen molar-refractivity contribution < 1.29 is 14.3 Å². The maximum atomic E-state index is 13.7. The number of amides is 2. The Bertz CT molecular complexity index is 1160. The first-order valence-corrected chi connectivity index (χ1v) is 12.0. The Balaban J connectivity index is 1.49. The Morgan fingerprint density at radius 1 is 0.970 bits per heavy atom. The Morgan fingerprint density at radius 3 is 2.36 bits per heavy atom. The summed E-state index contributed by atoms with van der Waals surface area (Å²) in [7, 11) is 3.70. The lowest BCUT2D eigenvalue weighted by Gasteiger charge is -2.34. The molecule has 7 nitrogen and oxygen atoms in total. The third kappa shape index (κ3) is 3.95. The third-order valence-corrected chi connectivity index (χ3v) is 7.56. The molecule has 0 N–H and O–H groups in total. The van der Waals surface area contributed by atoms with E-state index in [1.807, 2.05) is 24.3 Å². The molecule has 0 aromatic heterocycles. The van der Waals surface area contributed by atoms with Gasteiger partial charge in [-0.1, -0.05) is 42.2 Å². The van der Waals surface area contributed by atoms with Crippen LogP contribution >= 0.6 is 24.0 Å². The van der Waals surface area contributed by atoms with Gasteiger partial charge in [0.2, 0.25) is 0 Å². The van der Waals surface area contributed by atoms with Crippen LogP contribution in [0.5, 0.6) is 5.75 Å². The van der Waals surface area contributed by atoms with Gasteiger partial charge in [-0.15, -0.1) is 0 Å². The monoisotopic (exact) mass is 480 g/mol. The average molecular weight is 481 g/mol. The smallest absolute Gasteiger partial charge is 0.271 e. The average Bonchev–Trinajstić information content (AvgIpc) is 3.27. The summed E-state index contributed by atoms with van der Waals surface area (Å²) in [5.41, 5.74) is 2.72. The fourth-order valence-electron chi connectivity index (χ4n) is 4.30. The number of ether oxygens (including phenoxy) is 1. The molecule has 2 aromatic rings. The summed E-state index contributed by atoms with van der Waals surface area (Å²) < 4.78 is 5.63. The van der Waals surface area contributed by atoms with Crippen LogP contribution in [0.1, 0.15) is 5.56 Å². The van der Waals surface area contributed by atoms with Crippen molar-refractivity contribution in [1.82, 2.24) is 9.80 Å². The number of carbonyl (C=O) groups excluding carboxylic acids is 2. The zero-order valence-electron chi connectivity index (χ0n) is 18.5. The molecule has 5 rings (SSSR count). The number of nitrogens with zero attached hydrogens (tertiary/aromatic N) is 4. The lowest BCUT2D eigenvalue weighted by Crippen LogP contribution is -2.49. The number of para-hydroxylation sites is 1. The van der Waals surface area contributed by atoms with E-state index in [0.717, 1.165) is 37.4 Å². The molecule has 2 aromatic carbocycles. The van der Waals surface area contributed by atoms with Crippen LogP contribution in [0.15, 0.2) is 53.4 Å². The number of benzene rings is 2. The van der Waals surface area contributed by atoms with Crippen molar-refractivity contribution in [2.45, 2.75) is 0 Å². The normalized spacial score (nSPS) is 21.8. The number of rotatable bonds is 4. The molecule has 3 aliphatic heterocycles. The number of anilines is 2. The molecular formula is C24H24N4O3S2. The van der Waals surface area contributed by atoms with Gasteiger partial charge in [0, 0.05) is 31.7 Å². The molecule has 2 fully saturated rings. The lowest BCUT2D eigenvalue weighted by atomic mass is 10.1. The van der Waals surface area contributed by atoms with Crippen LogP contribution in [-0.4, -0.2) is 72.9 Å². The minimum absolute atomic E-state index is 0.148. The van der Waals surface area contributed by atoms with E-state index in [9.17, 15) is 9.59 Å². The summed E-state index contributed by atoms with van der Waals surface area (Å²) in [5.74, 6) is 0.280. The summed E-state index contributed by atoms with van der Waals surface area (Å²) >= 11 is 6.73. The molecule has 9 heteroatoms.